The highest BCUT2D eigenvalue weighted by Gasteiger charge is 2.11. The molecule has 0 amide bonds. The summed E-state index contributed by atoms with van der Waals surface area (Å²) in [6, 6.07) is 0. The molecule has 2 heterocycles. The molecule has 0 saturated carbocycles. The molecule has 0 radical (unpaired) electrons. The Kier molecular flexibility index (Phi) is 6.37. The predicted molar refractivity (Wildman–Crippen MR) is 71.8 cm³/mol. The van der Waals surface area contributed by atoms with Crippen molar-refractivity contribution in [2.75, 3.05) is 40.3 Å². The van der Waals surface area contributed by atoms with Crippen LogP contribution in [-0.4, -0.2) is 50.1 Å². The summed E-state index contributed by atoms with van der Waals surface area (Å²) >= 11 is 0. The van der Waals surface area contributed by atoms with Crippen LogP contribution in [0.25, 0.3) is 0 Å². The molecule has 0 aromatic rings. The maximum absolute atomic E-state index is 2.40. The molecule has 2 saturated heterocycles. The average Bonchev–Trinajstić information content (AvgIpc) is 2.28. The highest BCUT2D eigenvalue weighted by atomic mass is 15.1. The van der Waals surface area contributed by atoms with Gasteiger partial charge >= 0.3 is 0 Å². The van der Waals surface area contributed by atoms with E-state index in [0.29, 0.717) is 0 Å². The summed E-state index contributed by atoms with van der Waals surface area (Å²) in [5, 5.41) is 0. The van der Waals surface area contributed by atoms with Crippen molar-refractivity contribution in [3.05, 3.63) is 0 Å². The largest absolute Gasteiger partial charge is 0.306 e. The maximum atomic E-state index is 2.40. The Bertz CT molecular complexity index is 126. The van der Waals surface area contributed by atoms with Gasteiger partial charge in [0.15, 0.2) is 0 Å². The number of hydrogen-bond acceptors (Lipinski definition) is 2. The van der Waals surface area contributed by atoms with Gasteiger partial charge in [-0.2, -0.15) is 0 Å². The molecule has 2 aliphatic heterocycles. The Morgan fingerprint density at radius 1 is 0.625 bits per heavy atom. The quantitative estimate of drug-likeness (QED) is 0.626. The van der Waals surface area contributed by atoms with Crippen molar-refractivity contribution in [1.82, 2.24) is 9.80 Å². The minimum atomic E-state index is 0.978. The van der Waals surface area contributed by atoms with E-state index in [1.807, 2.05) is 0 Å². The van der Waals surface area contributed by atoms with Gasteiger partial charge in [-0.25, -0.2) is 0 Å². The summed E-state index contributed by atoms with van der Waals surface area (Å²) in [5.74, 6) is 1.96. The van der Waals surface area contributed by atoms with Crippen LogP contribution >= 0.6 is 0 Å². The van der Waals surface area contributed by atoms with E-state index in [4.69, 9.17) is 0 Å². The van der Waals surface area contributed by atoms with Gasteiger partial charge in [-0.1, -0.05) is 13.8 Å². The van der Waals surface area contributed by atoms with Gasteiger partial charge in [-0.15, -0.1) is 0 Å². The standard InChI is InChI=1S/2C7H15N/c2*1-7-3-5-8(2)6-4-7/h2*7H,3-6H2,1-2H3. The number of rotatable bonds is 0. The molecular weight excluding hydrogens is 196 g/mol. The predicted octanol–water partition coefficient (Wildman–Crippen LogP) is 2.70. The van der Waals surface area contributed by atoms with Crippen LogP contribution in [0.2, 0.25) is 0 Å². The molecule has 16 heavy (non-hydrogen) atoms. The van der Waals surface area contributed by atoms with Crippen LogP contribution < -0.4 is 0 Å². The van der Waals surface area contributed by atoms with Gasteiger partial charge in [0.2, 0.25) is 0 Å². The zero-order valence-electron chi connectivity index (χ0n) is 11.7. The molecular formula is C14H30N2. The smallest absolute Gasteiger partial charge is 0.00192 e. The number of nitrogens with zero attached hydrogens (tertiary/aromatic N) is 2. The van der Waals surface area contributed by atoms with Crippen LogP contribution in [0, 0.1) is 11.8 Å². The van der Waals surface area contributed by atoms with Gasteiger partial charge in [-0.3, -0.25) is 0 Å². The van der Waals surface area contributed by atoms with Crippen LogP contribution in [0.5, 0.6) is 0 Å². The fraction of sp³-hybridized carbons (Fsp3) is 1.00. The zero-order chi connectivity index (χ0) is 12.0. The Hall–Kier alpha value is -0.0800. The number of likely N-dealkylation sites (tertiary alicyclic amines) is 2. The van der Waals surface area contributed by atoms with Crippen molar-refractivity contribution >= 4 is 0 Å². The topological polar surface area (TPSA) is 6.48 Å². The highest BCUT2D eigenvalue weighted by Crippen LogP contribution is 2.14. The number of hydrogen-bond donors (Lipinski definition) is 0. The lowest BCUT2D eigenvalue weighted by Gasteiger charge is -2.26. The van der Waals surface area contributed by atoms with E-state index in [1.165, 1.54) is 51.9 Å². The van der Waals surface area contributed by atoms with Crippen LogP contribution in [0.15, 0.2) is 0 Å². The first kappa shape index (κ1) is 14.0. The van der Waals surface area contributed by atoms with E-state index in [2.05, 4.69) is 37.7 Å². The lowest BCUT2D eigenvalue weighted by atomic mass is 10.00. The van der Waals surface area contributed by atoms with Gasteiger partial charge < -0.3 is 9.80 Å². The van der Waals surface area contributed by atoms with E-state index in [-0.39, 0.29) is 0 Å². The summed E-state index contributed by atoms with van der Waals surface area (Å²) in [6.07, 6.45) is 5.60. The third-order valence-electron chi connectivity index (χ3n) is 4.01. The first-order chi connectivity index (χ1) is 7.58. The summed E-state index contributed by atoms with van der Waals surface area (Å²) < 4.78 is 0. The molecule has 2 heteroatoms. The molecule has 0 unspecified atom stereocenters. The molecule has 2 fully saturated rings. The second kappa shape index (κ2) is 7.29. The molecule has 0 spiro atoms. The van der Waals surface area contributed by atoms with E-state index in [1.54, 1.807) is 0 Å². The van der Waals surface area contributed by atoms with Gasteiger partial charge in [0.05, 0.1) is 0 Å². The summed E-state index contributed by atoms with van der Waals surface area (Å²) in [6.45, 7) is 9.91. The second-order valence-corrected chi connectivity index (χ2v) is 5.97. The summed E-state index contributed by atoms with van der Waals surface area (Å²) in [5.41, 5.74) is 0. The van der Waals surface area contributed by atoms with Crippen molar-refractivity contribution < 1.29 is 0 Å². The minimum Gasteiger partial charge on any atom is -0.306 e. The maximum Gasteiger partial charge on any atom is -0.00192 e. The normalized spacial score (nSPS) is 26.2. The third kappa shape index (κ3) is 5.86. The van der Waals surface area contributed by atoms with Gasteiger partial charge in [0.25, 0.3) is 0 Å². The molecule has 0 aliphatic carbocycles. The van der Waals surface area contributed by atoms with Crippen molar-refractivity contribution in [3.63, 3.8) is 0 Å². The fourth-order valence-electron chi connectivity index (χ4n) is 2.28. The first-order valence-electron chi connectivity index (χ1n) is 6.95. The molecule has 0 N–H and O–H groups in total. The molecule has 96 valence electrons. The second-order valence-electron chi connectivity index (χ2n) is 5.97. The van der Waals surface area contributed by atoms with Crippen molar-refractivity contribution in [2.45, 2.75) is 39.5 Å². The molecule has 2 aliphatic rings. The van der Waals surface area contributed by atoms with Gasteiger partial charge in [-0.05, 0) is 77.8 Å². The first-order valence-corrected chi connectivity index (χ1v) is 6.95. The Labute approximate surface area is 102 Å². The van der Waals surface area contributed by atoms with E-state index < -0.39 is 0 Å². The summed E-state index contributed by atoms with van der Waals surface area (Å²) in [4.78, 5) is 4.81. The molecule has 0 aromatic carbocycles. The van der Waals surface area contributed by atoms with Crippen LogP contribution in [-0.2, 0) is 0 Å². The molecule has 0 aromatic heterocycles. The molecule has 2 nitrogen and oxygen atoms in total. The molecule has 2 rings (SSSR count). The van der Waals surface area contributed by atoms with E-state index >= 15 is 0 Å². The fourth-order valence-corrected chi connectivity index (χ4v) is 2.28. The average molecular weight is 226 g/mol. The Balaban J connectivity index is 0.000000160. The number of piperidine rings is 2. The van der Waals surface area contributed by atoms with Crippen molar-refractivity contribution in [1.29, 1.82) is 0 Å². The van der Waals surface area contributed by atoms with Gasteiger partial charge in [0.1, 0.15) is 0 Å². The monoisotopic (exact) mass is 226 g/mol. The van der Waals surface area contributed by atoms with Gasteiger partial charge in [0, 0.05) is 0 Å². The SMILES string of the molecule is CC1CCN(C)CC1.CC1CCN(C)CC1. The van der Waals surface area contributed by atoms with Crippen LogP contribution in [0.1, 0.15) is 39.5 Å². The highest BCUT2D eigenvalue weighted by molar-refractivity contribution is 4.65. The Morgan fingerprint density at radius 2 is 0.875 bits per heavy atom. The summed E-state index contributed by atoms with van der Waals surface area (Å²) in [7, 11) is 4.40. The minimum absolute atomic E-state index is 0.978. The van der Waals surface area contributed by atoms with E-state index in [0.717, 1.165) is 11.8 Å². The van der Waals surface area contributed by atoms with E-state index in [9.17, 15) is 0 Å². The van der Waals surface area contributed by atoms with Crippen molar-refractivity contribution in [3.8, 4) is 0 Å². The Morgan fingerprint density at radius 3 is 1.06 bits per heavy atom. The molecule has 0 atom stereocenters. The third-order valence-corrected chi connectivity index (χ3v) is 4.01. The zero-order valence-corrected chi connectivity index (χ0v) is 11.7. The lowest BCUT2D eigenvalue weighted by molar-refractivity contribution is 0.230. The molecule has 0 bridgehead atoms. The lowest BCUT2D eigenvalue weighted by Crippen LogP contribution is -2.28. The van der Waals surface area contributed by atoms with Crippen molar-refractivity contribution in [2.24, 2.45) is 11.8 Å². The van der Waals surface area contributed by atoms with Crippen LogP contribution in [0.3, 0.4) is 0 Å². The van der Waals surface area contributed by atoms with Crippen LogP contribution in [0.4, 0.5) is 0 Å².